The van der Waals surface area contributed by atoms with E-state index in [4.69, 9.17) is 0 Å². The Bertz CT molecular complexity index is 705. The highest BCUT2D eigenvalue weighted by Gasteiger charge is 2.22. The second-order valence-electron chi connectivity index (χ2n) is 4.64. The van der Waals surface area contributed by atoms with Crippen LogP contribution < -0.4 is 10.4 Å². The lowest BCUT2D eigenvalue weighted by atomic mass is 9.87. The van der Waals surface area contributed by atoms with Crippen LogP contribution in [-0.2, 0) is 6.42 Å². The third kappa shape index (κ3) is 0.943. The smallest absolute Gasteiger partial charge is 0.00423 e. The average Bonchev–Trinajstić information content (AvgIpc) is 2.65. The van der Waals surface area contributed by atoms with Crippen molar-refractivity contribution in [1.82, 2.24) is 0 Å². The molecule has 2 aromatic carbocycles. The number of hydrogen-bond donors (Lipinski definition) is 0. The molecule has 0 fully saturated rings. The van der Waals surface area contributed by atoms with Gasteiger partial charge in [-0.25, -0.2) is 0 Å². The van der Waals surface area contributed by atoms with Crippen molar-refractivity contribution >= 4 is 11.1 Å². The molecule has 0 atom stereocenters. The van der Waals surface area contributed by atoms with Crippen LogP contribution in [0.3, 0.4) is 0 Å². The van der Waals surface area contributed by atoms with Crippen molar-refractivity contribution in [3.05, 3.63) is 70.1 Å². The first kappa shape index (κ1) is 8.35. The van der Waals surface area contributed by atoms with E-state index in [1.807, 2.05) is 0 Å². The van der Waals surface area contributed by atoms with Gasteiger partial charge in [-0.15, -0.1) is 0 Å². The molecule has 4 rings (SSSR count). The van der Waals surface area contributed by atoms with Crippen LogP contribution in [0, 0.1) is 0 Å². The predicted octanol–water partition coefficient (Wildman–Crippen LogP) is 2.00. The van der Waals surface area contributed by atoms with Crippen molar-refractivity contribution in [3.8, 4) is 0 Å². The van der Waals surface area contributed by atoms with Gasteiger partial charge in [0.15, 0.2) is 0 Å². The molecular weight excluding hydrogens is 192 g/mol. The van der Waals surface area contributed by atoms with E-state index in [1.54, 1.807) is 5.57 Å². The lowest BCUT2D eigenvalue weighted by Gasteiger charge is -2.17. The van der Waals surface area contributed by atoms with Gasteiger partial charge in [0, 0.05) is 0 Å². The molecule has 2 aliphatic rings. The van der Waals surface area contributed by atoms with Gasteiger partial charge >= 0.3 is 0 Å². The third-order valence-corrected chi connectivity index (χ3v) is 3.77. The van der Waals surface area contributed by atoms with E-state index in [0.29, 0.717) is 0 Å². The second-order valence-corrected chi connectivity index (χ2v) is 4.64. The molecule has 0 aromatic heterocycles. The van der Waals surface area contributed by atoms with Gasteiger partial charge < -0.3 is 0 Å². The number of hydrogen-bond acceptors (Lipinski definition) is 0. The number of benzene rings is 2. The van der Waals surface area contributed by atoms with Crippen LogP contribution in [0.25, 0.3) is 11.1 Å². The molecule has 16 heavy (non-hydrogen) atoms. The first-order chi connectivity index (χ1) is 7.93. The minimum absolute atomic E-state index is 1.14. The highest BCUT2D eigenvalue weighted by atomic mass is 14.3. The van der Waals surface area contributed by atoms with Gasteiger partial charge in [-0.3, -0.25) is 0 Å². The van der Waals surface area contributed by atoms with E-state index < -0.39 is 0 Å². The number of rotatable bonds is 0. The molecule has 2 aromatic rings. The molecule has 0 heterocycles. The largest absolute Gasteiger partial charge is 0.0619 e. The van der Waals surface area contributed by atoms with E-state index in [2.05, 4.69) is 48.5 Å². The summed E-state index contributed by atoms with van der Waals surface area (Å²) in [5, 5.41) is 2.94. The molecule has 0 heteroatoms. The van der Waals surface area contributed by atoms with Gasteiger partial charge in [-0.05, 0) is 40.0 Å². The van der Waals surface area contributed by atoms with E-state index in [0.717, 1.165) is 12.8 Å². The van der Waals surface area contributed by atoms with Crippen LogP contribution in [0.1, 0.15) is 17.5 Å². The second kappa shape index (κ2) is 2.85. The minimum Gasteiger partial charge on any atom is -0.0619 e. The molecular formula is C16H12. The summed E-state index contributed by atoms with van der Waals surface area (Å²) in [4.78, 5) is 0. The van der Waals surface area contributed by atoms with Gasteiger partial charge in [-0.2, -0.15) is 0 Å². The van der Waals surface area contributed by atoms with Gasteiger partial charge in [0.1, 0.15) is 0 Å². The standard InChI is InChI=1S/C16H12/c1-2-6-13-11(5-1)9-12-10-16(13)15-8-4-3-7-14(12)15/h1-8H,9-10H2. The summed E-state index contributed by atoms with van der Waals surface area (Å²) in [6.07, 6.45) is 2.30. The molecule has 0 aliphatic heterocycles. The van der Waals surface area contributed by atoms with Crippen molar-refractivity contribution in [1.29, 1.82) is 0 Å². The summed E-state index contributed by atoms with van der Waals surface area (Å²) in [7, 11) is 0. The van der Waals surface area contributed by atoms with Crippen LogP contribution in [-0.4, -0.2) is 0 Å². The molecule has 2 bridgehead atoms. The molecule has 76 valence electrons. The summed E-state index contributed by atoms with van der Waals surface area (Å²) in [5.41, 5.74) is 6.10. The SMILES string of the molecule is c1ccc2c(c1)CC1=c3ccccc3=C2C1. The van der Waals surface area contributed by atoms with E-state index in [9.17, 15) is 0 Å². The summed E-state index contributed by atoms with van der Waals surface area (Å²) < 4.78 is 0. The van der Waals surface area contributed by atoms with Crippen molar-refractivity contribution < 1.29 is 0 Å². The zero-order chi connectivity index (χ0) is 10.5. The minimum atomic E-state index is 1.14. The first-order valence-corrected chi connectivity index (χ1v) is 5.82. The first-order valence-electron chi connectivity index (χ1n) is 5.82. The monoisotopic (exact) mass is 204 g/mol. The van der Waals surface area contributed by atoms with E-state index >= 15 is 0 Å². The highest BCUT2D eigenvalue weighted by Crippen LogP contribution is 2.33. The Labute approximate surface area is 94.6 Å². The highest BCUT2D eigenvalue weighted by molar-refractivity contribution is 5.84. The third-order valence-electron chi connectivity index (χ3n) is 3.77. The Morgan fingerprint density at radius 2 is 1.44 bits per heavy atom. The zero-order valence-electron chi connectivity index (χ0n) is 9.03. The Morgan fingerprint density at radius 1 is 0.688 bits per heavy atom. The average molecular weight is 204 g/mol. The summed E-state index contributed by atoms with van der Waals surface area (Å²) in [6, 6.07) is 17.7. The van der Waals surface area contributed by atoms with E-state index in [1.165, 1.54) is 27.1 Å². The fourth-order valence-corrected chi connectivity index (χ4v) is 3.06. The van der Waals surface area contributed by atoms with Crippen LogP contribution >= 0.6 is 0 Å². The summed E-state index contributed by atoms with van der Waals surface area (Å²) >= 11 is 0. The molecule has 0 unspecified atom stereocenters. The molecule has 0 saturated heterocycles. The molecule has 0 nitrogen and oxygen atoms in total. The predicted molar refractivity (Wildman–Crippen MR) is 66.4 cm³/mol. The van der Waals surface area contributed by atoms with Gasteiger partial charge in [0.25, 0.3) is 0 Å². The van der Waals surface area contributed by atoms with Crippen molar-refractivity contribution in [2.24, 2.45) is 0 Å². The molecule has 2 aliphatic carbocycles. The maximum atomic E-state index is 2.27. The lowest BCUT2D eigenvalue weighted by molar-refractivity contribution is 1.16. The molecule has 0 N–H and O–H groups in total. The molecule has 0 saturated carbocycles. The quantitative estimate of drug-likeness (QED) is 0.615. The number of fused-ring (bicyclic) bond motifs is 5. The van der Waals surface area contributed by atoms with Crippen LogP contribution in [0.5, 0.6) is 0 Å². The zero-order valence-corrected chi connectivity index (χ0v) is 9.03. The Balaban J connectivity index is 2.21. The molecule has 0 spiro atoms. The van der Waals surface area contributed by atoms with E-state index in [-0.39, 0.29) is 0 Å². The van der Waals surface area contributed by atoms with Crippen LogP contribution in [0.15, 0.2) is 48.5 Å². The van der Waals surface area contributed by atoms with Gasteiger partial charge in [0.05, 0.1) is 0 Å². The maximum absolute atomic E-state index is 2.27. The maximum Gasteiger partial charge on any atom is -0.00423 e. The van der Waals surface area contributed by atoms with Gasteiger partial charge in [-0.1, -0.05) is 54.1 Å². The van der Waals surface area contributed by atoms with Crippen molar-refractivity contribution in [2.75, 3.05) is 0 Å². The van der Waals surface area contributed by atoms with Gasteiger partial charge in [0.2, 0.25) is 0 Å². The lowest BCUT2D eigenvalue weighted by Crippen LogP contribution is -2.22. The molecule has 0 radical (unpaired) electrons. The fourth-order valence-electron chi connectivity index (χ4n) is 3.06. The van der Waals surface area contributed by atoms with Crippen molar-refractivity contribution in [3.63, 3.8) is 0 Å². The Morgan fingerprint density at radius 3 is 2.38 bits per heavy atom. The van der Waals surface area contributed by atoms with Crippen LogP contribution in [0.2, 0.25) is 0 Å². The Kier molecular flexibility index (Phi) is 1.49. The molecule has 0 amide bonds. The topological polar surface area (TPSA) is 0 Å². The Hall–Kier alpha value is -1.82. The normalized spacial score (nSPS) is 16.0. The van der Waals surface area contributed by atoms with Crippen molar-refractivity contribution in [2.45, 2.75) is 12.8 Å². The fraction of sp³-hybridized carbons (Fsp3) is 0.125. The summed E-state index contributed by atoms with van der Waals surface area (Å²) in [6.45, 7) is 0. The van der Waals surface area contributed by atoms with Crippen LogP contribution in [0.4, 0.5) is 0 Å². The summed E-state index contributed by atoms with van der Waals surface area (Å²) in [5.74, 6) is 0.